The molecule has 2 heterocycles. The van der Waals surface area contributed by atoms with E-state index in [-0.39, 0.29) is 24.8 Å². The summed E-state index contributed by atoms with van der Waals surface area (Å²) in [5.74, 6) is -2.71. The lowest BCUT2D eigenvalue weighted by atomic mass is 10.1. The molecule has 7 nitrogen and oxygen atoms in total. The monoisotopic (exact) mass is 435 g/mol. The molecule has 3 aromatic rings. The number of hydrogen-bond donors (Lipinski definition) is 1. The fraction of sp³-hybridized carbons (Fsp3) is 0.250. The van der Waals surface area contributed by atoms with Crippen LogP contribution in [0, 0.1) is 25.5 Å². The zero-order chi connectivity index (χ0) is 21.8. The van der Waals surface area contributed by atoms with Crippen molar-refractivity contribution < 1.29 is 27.8 Å². The van der Waals surface area contributed by atoms with Crippen LogP contribution in [-0.2, 0) is 11.5 Å². The number of amides is 1. The Labute approximate surface area is 175 Å². The highest BCUT2D eigenvalue weighted by Gasteiger charge is 2.23. The minimum atomic E-state index is -0.838. The summed E-state index contributed by atoms with van der Waals surface area (Å²) in [7, 11) is 0. The highest BCUT2D eigenvalue weighted by molar-refractivity contribution is 7.16. The molecule has 10 heteroatoms. The summed E-state index contributed by atoms with van der Waals surface area (Å²) in [6.07, 6.45) is 1.48. The maximum atomic E-state index is 13.6. The van der Waals surface area contributed by atoms with Crippen LogP contribution in [0.15, 0.2) is 30.5 Å². The first kappa shape index (κ1) is 21.4. The molecule has 0 atom stereocenters. The van der Waals surface area contributed by atoms with Crippen LogP contribution in [0.1, 0.15) is 38.2 Å². The van der Waals surface area contributed by atoms with Crippen molar-refractivity contribution in [2.45, 2.75) is 27.5 Å². The Kier molecular flexibility index (Phi) is 6.46. The number of hydrogen-bond acceptors (Lipinski definition) is 6. The van der Waals surface area contributed by atoms with Crippen molar-refractivity contribution in [3.63, 3.8) is 0 Å². The van der Waals surface area contributed by atoms with Gasteiger partial charge in [-0.2, -0.15) is 5.10 Å². The van der Waals surface area contributed by atoms with Gasteiger partial charge in [-0.3, -0.25) is 4.79 Å². The number of carbonyl (C=O) groups is 2. The third kappa shape index (κ3) is 4.65. The molecule has 0 saturated heterocycles. The van der Waals surface area contributed by atoms with Crippen LogP contribution in [0.25, 0.3) is 0 Å². The first-order valence-electron chi connectivity index (χ1n) is 9.00. The van der Waals surface area contributed by atoms with Crippen molar-refractivity contribution in [3.05, 3.63) is 63.8 Å². The van der Waals surface area contributed by atoms with E-state index in [2.05, 4.69) is 10.4 Å². The lowest BCUT2D eigenvalue weighted by molar-refractivity contribution is 0.0527. The van der Waals surface area contributed by atoms with Gasteiger partial charge in [0.05, 0.1) is 12.2 Å². The number of nitrogens with one attached hydrogen (secondary N) is 1. The lowest BCUT2D eigenvalue weighted by Crippen LogP contribution is -2.16. The van der Waals surface area contributed by atoms with E-state index in [9.17, 15) is 18.4 Å². The number of anilines is 1. The van der Waals surface area contributed by atoms with E-state index in [1.54, 1.807) is 13.8 Å². The number of carbonyl (C=O) groups excluding carboxylic acids is 2. The van der Waals surface area contributed by atoms with Crippen LogP contribution in [0.4, 0.5) is 13.8 Å². The van der Waals surface area contributed by atoms with Crippen molar-refractivity contribution >= 4 is 28.2 Å². The highest BCUT2D eigenvalue weighted by Crippen LogP contribution is 2.33. The summed E-state index contributed by atoms with van der Waals surface area (Å²) in [6.45, 7) is 5.38. The summed E-state index contributed by atoms with van der Waals surface area (Å²) >= 11 is 1.27. The van der Waals surface area contributed by atoms with E-state index in [1.807, 2.05) is 6.92 Å². The first-order chi connectivity index (χ1) is 14.3. The van der Waals surface area contributed by atoms with Crippen LogP contribution >= 0.6 is 11.3 Å². The Morgan fingerprint density at radius 3 is 2.70 bits per heavy atom. The number of aryl methyl sites for hydroxylation is 1. The maximum Gasteiger partial charge on any atom is 0.341 e. The Hall–Kier alpha value is -3.27. The quantitative estimate of drug-likeness (QED) is 0.560. The number of thiophene rings is 1. The summed E-state index contributed by atoms with van der Waals surface area (Å²) in [5.41, 5.74) is 1.15. The molecule has 0 bridgehead atoms. The van der Waals surface area contributed by atoms with E-state index in [1.165, 1.54) is 34.3 Å². The molecule has 0 fully saturated rings. The molecule has 0 radical (unpaired) electrons. The minimum absolute atomic E-state index is 0.0803. The van der Waals surface area contributed by atoms with Crippen molar-refractivity contribution in [1.29, 1.82) is 0 Å². The van der Waals surface area contributed by atoms with Gasteiger partial charge in [-0.25, -0.2) is 18.3 Å². The molecule has 0 aliphatic carbocycles. The van der Waals surface area contributed by atoms with E-state index >= 15 is 0 Å². The van der Waals surface area contributed by atoms with Gasteiger partial charge in [-0.15, -0.1) is 11.3 Å². The number of benzene rings is 1. The first-order valence-corrected chi connectivity index (χ1v) is 9.81. The summed E-state index contributed by atoms with van der Waals surface area (Å²) in [4.78, 5) is 25.7. The number of nitrogens with zero attached hydrogens (tertiary/aromatic N) is 2. The second kappa shape index (κ2) is 9.04. The van der Waals surface area contributed by atoms with Gasteiger partial charge in [-0.05, 0) is 44.5 Å². The van der Waals surface area contributed by atoms with Gasteiger partial charge in [0, 0.05) is 17.1 Å². The molecule has 1 N–H and O–H groups in total. The van der Waals surface area contributed by atoms with Gasteiger partial charge in [0.15, 0.2) is 24.0 Å². The molecule has 1 aromatic carbocycles. The molecular weight excluding hydrogens is 416 g/mol. The fourth-order valence-corrected chi connectivity index (χ4v) is 3.66. The van der Waals surface area contributed by atoms with Gasteiger partial charge in [0.1, 0.15) is 10.8 Å². The maximum absolute atomic E-state index is 13.6. The van der Waals surface area contributed by atoms with E-state index in [0.29, 0.717) is 16.6 Å². The predicted octanol–water partition coefficient (Wildman–Crippen LogP) is 4.31. The number of ether oxygens (including phenoxy) is 2. The van der Waals surface area contributed by atoms with E-state index in [4.69, 9.17) is 9.47 Å². The number of aromatic nitrogens is 2. The van der Waals surface area contributed by atoms with Gasteiger partial charge in [0.2, 0.25) is 0 Å². The van der Waals surface area contributed by atoms with Gasteiger partial charge in [0.25, 0.3) is 5.91 Å². The lowest BCUT2D eigenvalue weighted by Gasteiger charge is -2.07. The summed E-state index contributed by atoms with van der Waals surface area (Å²) < 4.78 is 38.2. The third-order valence-corrected chi connectivity index (χ3v) is 5.33. The molecule has 0 unspecified atom stereocenters. The molecule has 3 rings (SSSR count). The van der Waals surface area contributed by atoms with Crippen LogP contribution in [0.2, 0.25) is 0 Å². The van der Waals surface area contributed by atoms with Crippen LogP contribution < -0.4 is 10.1 Å². The Morgan fingerprint density at radius 1 is 1.23 bits per heavy atom. The number of rotatable bonds is 7. The summed E-state index contributed by atoms with van der Waals surface area (Å²) in [6, 6.07) is 4.41. The molecular formula is C20H19F2N3O4S. The van der Waals surface area contributed by atoms with E-state index in [0.717, 1.165) is 16.5 Å². The van der Waals surface area contributed by atoms with Gasteiger partial charge < -0.3 is 14.8 Å². The van der Waals surface area contributed by atoms with Crippen molar-refractivity contribution in [3.8, 4) is 5.75 Å². The second-order valence-corrected chi connectivity index (χ2v) is 7.48. The number of halogens is 2. The molecule has 30 heavy (non-hydrogen) atoms. The molecule has 0 aliphatic heterocycles. The SMILES string of the molecule is CCOC(=O)c1c(NC(=O)c2ccn(COc3ccc(F)cc3F)n2)sc(C)c1C. The smallest absolute Gasteiger partial charge is 0.341 e. The average Bonchev–Trinajstić information content (AvgIpc) is 3.26. The van der Waals surface area contributed by atoms with Crippen molar-refractivity contribution in [2.75, 3.05) is 11.9 Å². The molecule has 0 aliphatic rings. The fourth-order valence-electron chi connectivity index (χ4n) is 2.61. The van der Waals surface area contributed by atoms with Gasteiger partial charge in [-0.1, -0.05) is 0 Å². The molecule has 158 valence electrons. The molecule has 2 aromatic heterocycles. The zero-order valence-electron chi connectivity index (χ0n) is 16.5. The largest absolute Gasteiger partial charge is 0.468 e. The Balaban J connectivity index is 1.70. The summed E-state index contributed by atoms with van der Waals surface area (Å²) in [5, 5.41) is 7.15. The van der Waals surface area contributed by atoms with Crippen LogP contribution in [-0.4, -0.2) is 28.3 Å². The molecule has 1 amide bonds. The van der Waals surface area contributed by atoms with Gasteiger partial charge >= 0.3 is 5.97 Å². The topological polar surface area (TPSA) is 82.5 Å². The minimum Gasteiger partial charge on any atom is -0.468 e. The van der Waals surface area contributed by atoms with E-state index < -0.39 is 23.5 Å². The molecule has 0 spiro atoms. The van der Waals surface area contributed by atoms with Crippen LogP contribution in [0.3, 0.4) is 0 Å². The Morgan fingerprint density at radius 2 is 2.00 bits per heavy atom. The predicted molar refractivity (Wildman–Crippen MR) is 107 cm³/mol. The number of esters is 1. The normalized spacial score (nSPS) is 10.7. The molecule has 0 saturated carbocycles. The Bertz CT molecular complexity index is 1090. The van der Waals surface area contributed by atoms with Crippen LogP contribution in [0.5, 0.6) is 5.75 Å². The third-order valence-electron chi connectivity index (χ3n) is 4.21. The highest BCUT2D eigenvalue weighted by atomic mass is 32.1. The van der Waals surface area contributed by atoms with Crippen molar-refractivity contribution in [2.24, 2.45) is 0 Å². The second-order valence-electron chi connectivity index (χ2n) is 6.25. The average molecular weight is 435 g/mol. The zero-order valence-corrected chi connectivity index (χ0v) is 17.3. The standard InChI is InChI=1S/C20H19F2N3O4S/c1-4-28-20(27)17-11(2)12(3)30-19(17)23-18(26)15-7-8-25(24-15)10-29-16-6-5-13(21)9-14(16)22/h5-9H,4,10H2,1-3H3,(H,23,26). The van der Waals surface area contributed by atoms with Crippen molar-refractivity contribution in [1.82, 2.24) is 9.78 Å².